The molecule has 1 fully saturated rings. The van der Waals surface area contributed by atoms with Crippen LogP contribution in [0.4, 0.5) is 0 Å². The summed E-state index contributed by atoms with van der Waals surface area (Å²) in [6.45, 7) is 5.68. The van der Waals surface area contributed by atoms with E-state index in [2.05, 4.69) is 0 Å². The summed E-state index contributed by atoms with van der Waals surface area (Å²) in [5, 5.41) is 0. The molecule has 0 saturated carbocycles. The largest absolute Gasteiger partial charge is 0.484 e. The second-order valence-electron chi connectivity index (χ2n) is 5.66. The van der Waals surface area contributed by atoms with Crippen LogP contribution in [0.1, 0.15) is 25.3 Å². The number of piperidine rings is 1. The maximum atomic E-state index is 12.2. The first kappa shape index (κ1) is 14.9. The van der Waals surface area contributed by atoms with Gasteiger partial charge in [-0.2, -0.15) is 0 Å². The van der Waals surface area contributed by atoms with E-state index >= 15 is 0 Å². The lowest BCUT2D eigenvalue weighted by atomic mass is 9.92. The van der Waals surface area contributed by atoms with Gasteiger partial charge >= 0.3 is 0 Å². The molecule has 1 aromatic rings. The lowest BCUT2D eigenvalue weighted by Crippen LogP contribution is -2.46. The van der Waals surface area contributed by atoms with Crippen molar-refractivity contribution in [2.45, 2.75) is 32.7 Å². The van der Waals surface area contributed by atoms with Gasteiger partial charge in [-0.25, -0.2) is 0 Å². The summed E-state index contributed by atoms with van der Waals surface area (Å²) in [5.74, 6) is 1.24. The van der Waals surface area contributed by atoms with Crippen molar-refractivity contribution in [1.82, 2.24) is 4.90 Å². The van der Waals surface area contributed by atoms with Crippen molar-refractivity contribution in [1.29, 1.82) is 0 Å². The fraction of sp³-hybridized carbons (Fsp3) is 0.562. The van der Waals surface area contributed by atoms with Crippen molar-refractivity contribution in [3.8, 4) is 5.75 Å². The van der Waals surface area contributed by atoms with E-state index in [-0.39, 0.29) is 18.6 Å². The number of para-hydroxylation sites is 1. The van der Waals surface area contributed by atoms with E-state index < -0.39 is 0 Å². The van der Waals surface area contributed by atoms with Crippen LogP contribution in [0.15, 0.2) is 24.3 Å². The molecule has 0 spiro atoms. The highest BCUT2D eigenvalue weighted by atomic mass is 16.5. The zero-order valence-corrected chi connectivity index (χ0v) is 12.3. The molecule has 2 rings (SSSR count). The first-order valence-electron chi connectivity index (χ1n) is 7.29. The van der Waals surface area contributed by atoms with Gasteiger partial charge in [-0.15, -0.1) is 0 Å². The van der Waals surface area contributed by atoms with Crippen LogP contribution >= 0.6 is 0 Å². The predicted octanol–water partition coefficient (Wildman–Crippen LogP) is 1.96. The number of benzene rings is 1. The minimum absolute atomic E-state index is 0.0543. The number of hydrogen-bond donors (Lipinski definition) is 1. The summed E-state index contributed by atoms with van der Waals surface area (Å²) in [6.07, 6.45) is 2.14. The molecule has 20 heavy (non-hydrogen) atoms. The van der Waals surface area contributed by atoms with Crippen LogP contribution in [-0.4, -0.2) is 36.5 Å². The summed E-state index contributed by atoms with van der Waals surface area (Å²) in [7, 11) is 0. The van der Waals surface area contributed by atoms with Gasteiger partial charge in [0.25, 0.3) is 5.91 Å². The third-order valence-corrected chi connectivity index (χ3v) is 4.00. The highest BCUT2D eigenvalue weighted by Crippen LogP contribution is 2.20. The summed E-state index contributed by atoms with van der Waals surface area (Å²) in [5.41, 5.74) is 6.99. The number of hydrogen-bond acceptors (Lipinski definition) is 3. The first-order chi connectivity index (χ1) is 9.58. The van der Waals surface area contributed by atoms with E-state index in [0.29, 0.717) is 5.92 Å². The molecule has 4 heteroatoms. The predicted molar refractivity (Wildman–Crippen MR) is 79.6 cm³/mol. The topological polar surface area (TPSA) is 55.6 Å². The number of rotatable bonds is 4. The SMILES string of the molecule is Cc1ccccc1OCC(=O)N1CCC[C@@H]([C@H](C)N)C1. The lowest BCUT2D eigenvalue weighted by molar-refractivity contribution is -0.135. The molecule has 1 amide bonds. The van der Waals surface area contributed by atoms with Gasteiger partial charge in [0.1, 0.15) is 5.75 Å². The molecule has 110 valence electrons. The minimum Gasteiger partial charge on any atom is -0.484 e. The fourth-order valence-corrected chi connectivity index (χ4v) is 2.61. The number of amides is 1. The van der Waals surface area contributed by atoms with E-state index in [1.165, 1.54) is 0 Å². The van der Waals surface area contributed by atoms with Crippen molar-refractivity contribution in [2.24, 2.45) is 11.7 Å². The van der Waals surface area contributed by atoms with Crippen LogP contribution in [0, 0.1) is 12.8 Å². The number of aryl methyl sites for hydroxylation is 1. The second kappa shape index (κ2) is 6.75. The summed E-state index contributed by atoms with van der Waals surface area (Å²) < 4.78 is 5.63. The lowest BCUT2D eigenvalue weighted by Gasteiger charge is -2.34. The molecule has 0 radical (unpaired) electrons. The number of carbonyl (C=O) groups excluding carboxylic acids is 1. The molecule has 1 saturated heterocycles. The monoisotopic (exact) mass is 276 g/mol. The number of nitrogens with zero attached hydrogens (tertiary/aromatic N) is 1. The molecule has 1 heterocycles. The zero-order valence-electron chi connectivity index (χ0n) is 12.3. The first-order valence-corrected chi connectivity index (χ1v) is 7.29. The van der Waals surface area contributed by atoms with Gasteiger partial charge in [-0.05, 0) is 44.2 Å². The Morgan fingerprint density at radius 1 is 1.50 bits per heavy atom. The Labute approximate surface area is 120 Å². The highest BCUT2D eigenvalue weighted by molar-refractivity contribution is 5.77. The minimum atomic E-state index is 0.0543. The Bertz CT molecular complexity index is 460. The van der Waals surface area contributed by atoms with Crippen molar-refractivity contribution in [3.05, 3.63) is 29.8 Å². The molecular weight excluding hydrogens is 252 g/mol. The molecule has 1 aliphatic rings. The third-order valence-electron chi connectivity index (χ3n) is 4.00. The average Bonchev–Trinajstić information content (AvgIpc) is 2.46. The number of nitrogens with two attached hydrogens (primary N) is 1. The van der Waals surface area contributed by atoms with Crippen LogP contribution in [0.3, 0.4) is 0 Å². The Hall–Kier alpha value is -1.55. The van der Waals surface area contributed by atoms with E-state index in [4.69, 9.17) is 10.5 Å². The van der Waals surface area contributed by atoms with E-state index in [0.717, 1.165) is 37.2 Å². The van der Waals surface area contributed by atoms with Gasteiger partial charge in [-0.3, -0.25) is 4.79 Å². The van der Waals surface area contributed by atoms with Gasteiger partial charge in [0.05, 0.1) is 0 Å². The quantitative estimate of drug-likeness (QED) is 0.914. The molecule has 4 nitrogen and oxygen atoms in total. The summed E-state index contributed by atoms with van der Waals surface area (Å²) >= 11 is 0. The molecule has 2 atom stereocenters. The van der Waals surface area contributed by atoms with Crippen molar-refractivity contribution in [2.75, 3.05) is 19.7 Å². The summed E-state index contributed by atoms with van der Waals surface area (Å²) in [4.78, 5) is 14.1. The Balaban J connectivity index is 1.87. The van der Waals surface area contributed by atoms with Crippen LogP contribution in [0.2, 0.25) is 0 Å². The van der Waals surface area contributed by atoms with E-state index in [1.807, 2.05) is 43.0 Å². The van der Waals surface area contributed by atoms with Gasteiger partial charge in [0, 0.05) is 19.1 Å². The number of likely N-dealkylation sites (tertiary alicyclic amines) is 1. The standard InChI is InChI=1S/C16H24N2O2/c1-12-6-3-4-8-15(12)20-11-16(19)18-9-5-7-14(10-18)13(2)17/h3-4,6,8,13-14H,5,7,9-11,17H2,1-2H3/t13-,14+/m0/s1. The van der Waals surface area contributed by atoms with Gasteiger partial charge in [0.15, 0.2) is 6.61 Å². The van der Waals surface area contributed by atoms with Gasteiger partial charge in [-0.1, -0.05) is 18.2 Å². The molecule has 0 aliphatic carbocycles. The van der Waals surface area contributed by atoms with Crippen LogP contribution < -0.4 is 10.5 Å². The Morgan fingerprint density at radius 2 is 2.25 bits per heavy atom. The average molecular weight is 276 g/mol. The summed E-state index contributed by atoms with van der Waals surface area (Å²) in [6, 6.07) is 7.89. The van der Waals surface area contributed by atoms with Crippen LogP contribution in [0.25, 0.3) is 0 Å². The third kappa shape index (κ3) is 3.73. The normalized spacial score (nSPS) is 20.6. The maximum absolute atomic E-state index is 12.2. The number of carbonyl (C=O) groups is 1. The zero-order chi connectivity index (χ0) is 14.5. The van der Waals surface area contributed by atoms with Crippen molar-refractivity contribution in [3.63, 3.8) is 0 Å². The molecule has 0 bridgehead atoms. The highest BCUT2D eigenvalue weighted by Gasteiger charge is 2.25. The van der Waals surface area contributed by atoms with Crippen molar-refractivity contribution < 1.29 is 9.53 Å². The molecule has 1 aromatic carbocycles. The van der Waals surface area contributed by atoms with E-state index in [1.54, 1.807) is 0 Å². The Kier molecular flexibility index (Phi) is 5.01. The second-order valence-corrected chi connectivity index (χ2v) is 5.66. The fourth-order valence-electron chi connectivity index (χ4n) is 2.61. The number of ether oxygens (including phenoxy) is 1. The molecule has 2 N–H and O–H groups in total. The van der Waals surface area contributed by atoms with Gasteiger partial charge in [0.2, 0.25) is 0 Å². The van der Waals surface area contributed by atoms with Crippen LogP contribution in [-0.2, 0) is 4.79 Å². The van der Waals surface area contributed by atoms with Crippen LogP contribution in [0.5, 0.6) is 5.75 Å². The molecule has 0 aromatic heterocycles. The van der Waals surface area contributed by atoms with E-state index in [9.17, 15) is 4.79 Å². The smallest absolute Gasteiger partial charge is 0.260 e. The molecular formula is C16H24N2O2. The van der Waals surface area contributed by atoms with Crippen molar-refractivity contribution >= 4 is 5.91 Å². The maximum Gasteiger partial charge on any atom is 0.260 e. The Morgan fingerprint density at radius 3 is 2.95 bits per heavy atom. The van der Waals surface area contributed by atoms with Gasteiger partial charge < -0.3 is 15.4 Å². The molecule has 0 unspecified atom stereocenters. The molecule has 1 aliphatic heterocycles.